The smallest absolute Gasteiger partial charge is 0.224 e. The lowest BCUT2D eigenvalue weighted by Crippen LogP contribution is -2.18. The van der Waals surface area contributed by atoms with Gasteiger partial charge in [-0.05, 0) is 57.4 Å². The zero-order valence-electron chi connectivity index (χ0n) is 17.3. The highest BCUT2D eigenvalue weighted by Gasteiger charge is 2.14. The Morgan fingerprint density at radius 2 is 1.87 bits per heavy atom. The second-order valence-electron chi connectivity index (χ2n) is 7.55. The van der Waals surface area contributed by atoms with E-state index in [0.29, 0.717) is 18.7 Å². The van der Waals surface area contributed by atoms with Crippen molar-refractivity contribution in [2.45, 2.75) is 39.5 Å². The molecular weight excluding hydrogens is 380 g/mol. The van der Waals surface area contributed by atoms with E-state index in [1.165, 1.54) is 12.8 Å². The minimum Gasteiger partial charge on any atom is -0.370 e. The summed E-state index contributed by atoms with van der Waals surface area (Å²) in [6, 6.07) is 9.58. The number of aromatic nitrogens is 3. The van der Waals surface area contributed by atoms with E-state index in [2.05, 4.69) is 30.9 Å². The van der Waals surface area contributed by atoms with Gasteiger partial charge in [-0.2, -0.15) is 5.10 Å². The predicted octanol–water partition coefficient (Wildman–Crippen LogP) is 4.00. The van der Waals surface area contributed by atoms with Crippen LogP contribution in [0.1, 0.15) is 36.3 Å². The molecule has 0 atom stereocenters. The van der Waals surface area contributed by atoms with Crippen LogP contribution in [0.4, 0.5) is 22.9 Å². The molecule has 0 bridgehead atoms. The van der Waals surface area contributed by atoms with Crippen molar-refractivity contribution in [1.29, 1.82) is 0 Å². The first-order chi connectivity index (χ1) is 14.6. The number of hydrogen-bond acceptors (Lipinski definition) is 7. The molecule has 0 radical (unpaired) electrons. The van der Waals surface area contributed by atoms with E-state index < -0.39 is 0 Å². The third-order valence-corrected chi connectivity index (χ3v) is 5.34. The van der Waals surface area contributed by atoms with E-state index in [-0.39, 0.29) is 5.91 Å². The minimum atomic E-state index is -0.0418. The van der Waals surface area contributed by atoms with Crippen molar-refractivity contribution in [1.82, 2.24) is 15.4 Å². The Kier molecular flexibility index (Phi) is 5.92. The molecule has 3 aromatic rings. The quantitative estimate of drug-likeness (QED) is 0.612. The van der Waals surface area contributed by atoms with Crippen LogP contribution in [0.2, 0.25) is 0 Å². The minimum absolute atomic E-state index is 0.0418. The molecule has 0 aliphatic carbocycles. The Balaban J connectivity index is 1.32. The summed E-state index contributed by atoms with van der Waals surface area (Å²) in [6.45, 7) is 5.89. The van der Waals surface area contributed by atoms with E-state index in [1.807, 2.05) is 44.2 Å². The number of rotatable bonds is 7. The fourth-order valence-electron chi connectivity index (χ4n) is 3.67. The monoisotopic (exact) mass is 406 g/mol. The molecule has 156 valence electrons. The number of anilines is 4. The van der Waals surface area contributed by atoms with Gasteiger partial charge in [0.15, 0.2) is 5.82 Å². The third kappa shape index (κ3) is 4.76. The van der Waals surface area contributed by atoms with E-state index in [4.69, 9.17) is 4.52 Å². The number of hydrogen-bond donors (Lipinski definition) is 2. The number of nitrogens with one attached hydrogen (secondary N) is 2. The lowest BCUT2D eigenvalue weighted by Gasteiger charge is -2.17. The molecule has 8 nitrogen and oxygen atoms in total. The number of carbonyl (C=O) groups excluding carboxylic acids is 1. The van der Waals surface area contributed by atoms with Crippen LogP contribution >= 0.6 is 0 Å². The second kappa shape index (κ2) is 8.94. The zero-order chi connectivity index (χ0) is 20.9. The Labute approximate surface area is 175 Å². The van der Waals surface area contributed by atoms with Gasteiger partial charge in [0.05, 0.1) is 17.6 Å². The molecule has 0 unspecified atom stereocenters. The normalized spacial score (nSPS) is 13.5. The van der Waals surface area contributed by atoms with Crippen LogP contribution in [0.25, 0.3) is 0 Å². The molecule has 1 aliphatic rings. The summed E-state index contributed by atoms with van der Waals surface area (Å²) in [5.74, 6) is 1.43. The maximum absolute atomic E-state index is 12.3. The fourth-order valence-corrected chi connectivity index (χ4v) is 3.67. The average Bonchev–Trinajstić information content (AvgIpc) is 3.39. The summed E-state index contributed by atoms with van der Waals surface area (Å²) in [6.07, 6.45) is 5.23. The highest BCUT2D eigenvalue weighted by atomic mass is 16.5. The van der Waals surface area contributed by atoms with Gasteiger partial charge in [0.25, 0.3) is 0 Å². The first-order valence-corrected chi connectivity index (χ1v) is 10.2. The van der Waals surface area contributed by atoms with Crippen molar-refractivity contribution in [3.63, 3.8) is 0 Å². The molecule has 0 spiro atoms. The summed E-state index contributed by atoms with van der Waals surface area (Å²) in [7, 11) is 0. The molecule has 2 N–H and O–H groups in total. The molecule has 3 heterocycles. The molecule has 4 rings (SSSR count). The summed E-state index contributed by atoms with van der Waals surface area (Å²) >= 11 is 0. The van der Waals surface area contributed by atoms with Crippen molar-refractivity contribution in [3.8, 4) is 0 Å². The highest BCUT2D eigenvalue weighted by Crippen LogP contribution is 2.23. The SMILES string of the molecule is Cc1noc(C)c1CCC(=O)Nc1ccc(Nc2cc(N3CCCC3)cnn2)cc1. The molecule has 8 heteroatoms. The molecule has 30 heavy (non-hydrogen) atoms. The predicted molar refractivity (Wildman–Crippen MR) is 116 cm³/mol. The van der Waals surface area contributed by atoms with Crippen molar-refractivity contribution in [3.05, 3.63) is 53.5 Å². The van der Waals surface area contributed by atoms with Gasteiger partial charge in [0.2, 0.25) is 5.91 Å². The molecule has 1 saturated heterocycles. The van der Waals surface area contributed by atoms with Gasteiger partial charge in [-0.25, -0.2) is 0 Å². The standard InChI is InChI=1S/C22H26N6O2/c1-15-20(16(2)30-27-15)9-10-22(29)25-18-7-5-17(6-8-18)24-21-13-19(14-23-26-21)28-11-3-4-12-28/h5-8,13-14H,3-4,9-12H2,1-2H3,(H,24,26)(H,25,29). The first-order valence-electron chi connectivity index (χ1n) is 10.2. The maximum atomic E-state index is 12.3. The van der Waals surface area contributed by atoms with Gasteiger partial charge in [0, 0.05) is 42.5 Å². The largest absolute Gasteiger partial charge is 0.370 e. The van der Waals surface area contributed by atoms with Crippen LogP contribution in [0.15, 0.2) is 41.1 Å². The number of aryl methyl sites for hydroxylation is 2. The first kappa shape index (κ1) is 19.9. The highest BCUT2D eigenvalue weighted by molar-refractivity contribution is 5.91. The number of amides is 1. The van der Waals surface area contributed by atoms with Crippen LogP contribution in [0, 0.1) is 13.8 Å². The van der Waals surface area contributed by atoms with Gasteiger partial charge in [-0.3, -0.25) is 4.79 Å². The van der Waals surface area contributed by atoms with Crippen LogP contribution < -0.4 is 15.5 Å². The number of nitrogens with zero attached hydrogens (tertiary/aromatic N) is 4. The van der Waals surface area contributed by atoms with Crippen LogP contribution in [-0.4, -0.2) is 34.4 Å². The Morgan fingerprint density at radius 3 is 2.57 bits per heavy atom. The van der Waals surface area contributed by atoms with E-state index in [9.17, 15) is 4.79 Å². The van der Waals surface area contributed by atoms with Crippen LogP contribution in [-0.2, 0) is 11.2 Å². The Hall–Kier alpha value is -3.42. The van der Waals surface area contributed by atoms with Crippen LogP contribution in [0.3, 0.4) is 0 Å². The Morgan fingerprint density at radius 1 is 1.13 bits per heavy atom. The molecule has 1 aromatic carbocycles. The van der Waals surface area contributed by atoms with Crippen molar-refractivity contribution in [2.75, 3.05) is 28.6 Å². The molecule has 1 fully saturated rings. The molecular formula is C22H26N6O2. The summed E-state index contributed by atoms with van der Waals surface area (Å²) < 4.78 is 5.14. The van der Waals surface area contributed by atoms with Crippen LogP contribution in [0.5, 0.6) is 0 Å². The van der Waals surface area contributed by atoms with Crippen molar-refractivity contribution in [2.24, 2.45) is 0 Å². The summed E-state index contributed by atoms with van der Waals surface area (Å²) in [4.78, 5) is 14.6. The second-order valence-corrected chi connectivity index (χ2v) is 7.55. The van der Waals surface area contributed by atoms with E-state index in [0.717, 1.165) is 47.2 Å². The Bertz CT molecular complexity index is 989. The fraction of sp³-hybridized carbons (Fsp3) is 0.364. The average molecular weight is 406 g/mol. The van der Waals surface area contributed by atoms with Crippen molar-refractivity contribution >= 4 is 28.8 Å². The molecule has 0 saturated carbocycles. The molecule has 2 aromatic heterocycles. The van der Waals surface area contributed by atoms with Gasteiger partial charge >= 0.3 is 0 Å². The number of carbonyl (C=O) groups is 1. The van der Waals surface area contributed by atoms with Crippen molar-refractivity contribution < 1.29 is 9.32 Å². The molecule has 1 aliphatic heterocycles. The molecule has 1 amide bonds. The lowest BCUT2D eigenvalue weighted by molar-refractivity contribution is -0.116. The van der Waals surface area contributed by atoms with E-state index in [1.54, 1.807) is 6.20 Å². The summed E-state index contributed by atoms with van der Waals surface area (Å²) in [5.41, 5.74) is 4.57. The maximum Gasteiger partial charge on any atom is 0.224 e. The van der Waals surface area contributed by atoms with Gasteiger partial charge in [0.1, 0.15) is 5.76 Å². The lowest BCUT2D eigenvalue weighted by atomic mass is 10.1. The van der Waals surface area contributed by atoms with E-state index >= 15 is 0 Å². The van der Waals surface area contributed by atoms with Gasteiger partial charge in [-0.1, -0.05) is 5.16 Å². The third-order valence-electron chi connectivity index (χ3n) is 5.34. The van der Waals surface area contributed by atoms with Gasteiger partial charge < -0.3 is 20.1 Å². The topological polar surface area (TPSA) is 96.2 Å². The van der Waals surface area contributed by atoms with Gasteiger partial charge in [-0.15, -0.1) is 5.10 Å². The summed E-state index contributed by atoms with van der Waals surface area (Å²) in [5, 5.41) is 18.4. The zero-order valence-corrected chi connectivity index (χ0v) is 17.3. The number of benzene rings is 1.